The van der Waals surface area contributed by atoms with Crippen LogP contribution in [0.3, 0.4) is 0 Å². The van der Waals surface area contributed by atoms with E-state index in [-0.39, 0.29) is 74.7 Å². The van der Waals surface area contributed by atoms with E-state index in [9.17, 15) is 53.1 Å². The Morgan fingerprint density at radius 1 is 0.910 bits per heavy atom. The summed E-state index contributed by atoms with van der Waals surface area (Å²) in [6.07, 6.45) is 4.98. The lowest BCUT2D eigenvalue weighted by Gasteiger charge is -2.30. The number of esters is 2. The number of hydrogen-bond donors (Lipinski definition) is 6. The number of nitrogens with one attached hydrogen (secondary N) is 5. The SMILES string of the molecule is Cc1c(F)cc2nc3c(c4c2c1CC[C@@H]4NC(=O)[C@@H]1CN1CCOCNC(=O)CNC(=O)[C@H](Cc1ccccc1)NC(=O)COC(=O)CNC(=O)CCCCCN1C(=O)C=CC1=O)Cn1c-3cc2c(c1=O)COC(=O)[C@@]2(C)O. The third-order valence-electron chi connectivity index (χ3n) is 14.6. The number of carbonyl (C=O) groups excluding carboxylic acids is 9. The molecule has 0 saturated carbocycles. The minimum atomic E-state index is -2.07. The van der Waals surface area contributed by atoms with Crippen molar-refractivity contribution in [3.8, 4) is 11.4 Å². The third-order valence-corrected chi connectivity index (χ3v) is 14.6. The second-order valence-corrected chi connectivity index (χ2v) is 19.9. The van der Waals surface area contributed by atoms with Crippen molar-refractivity contribution in [2.24, 2.45) is 0 Å². The molecule has 5 atom stereocenters. The number of aryl methyl sites for hydroxylation is 1. The molecule has 1 aliphatic carbocycles. The number of halogens is 1. The maximum atomic E-state index is 15.4. The van der Waals surface area contributed by atoms with Gasteiger partial charge >= 0.3 is 11.9 Å². The topological polar surface area (TPSA) is 303 Å². The molecule has 0 radical (unpaired) electrons. The molecule has 410 valence electrons. The monoisotopic (exact) mass is 1080 g/mol. The van der Waals surface area contributed by atoms with E-state index < -0.39 is 90.4 Å². The van der Waals surface area contributed by atoms with E-state index in [1.165, 1.54) is 29.7 Å². The van der Waals surface area contributed by atoms with Gasteiger partial charge in [0, 0.05) is 67.2 Å². The Bertz CT molecular complexity index is 3220. The highest BCUT2D eigenvalue weighted by molar-refractivity contribution is 6.12. The predicted octanol–water partition coefficient (Wildman–Crippen LogP) is 0.00352. The van der Waals surface area contributed by atoms with E-state index in [1.807, 2.05) is 4.90 Å². The van der Waals surface area contributed by atoms with Crippen molar-refractivity contribution in [3.05, 3.63) is 110 Å². The van der Waals surface area contributed by atoms with E-state index in [4.69, 9.17) is 19.2 Å². The molecular weight excluding hydrogens is 1020 g/mol. The fourth-order valence-corrected chi connectivity index (χ4v) is 10.3. The van der Waals surface area contributed by atoms with Gasteiger partial charge in [-0.25, -0.2) is 14.2 Å². The van der Waals surface area contributed by atoms with Gasteiger partial charge in [-0.2, -0.15) is 0 Å². The van der Waals surface area contributed by atoms with E-state index >= 15 is 4.39 Å². The molecule has 5 aliphatic rings. The Labute approximate surface area is 445 Å². The van der Waals surface area contributed by atoms with Gasteiger partial charge < -0.3 is 50.5 Å². The van der Waals surface area contributed by atoms with Crippen molar-refractivity contribution in [1.82, 2.24) is 45.9 Å². The fourth-order valence-electron chi connectivity index (χ4n) is 10.3. The number of aliphatic hydroxyl groups is 1. The molecule has 0 bridgehead atoms. The van der Waals surface area contributed by atoms with Crippen molar-refractivity contribution in [1.29, 1.82) is 0 Å². The smallest absolute Gasteiger partial charge is 0.342 e. The van der Waals surface area contributed by atoms with Gasteiger partial charge in [-0.1, -0.05) is 36.8 Å². The maximum absolute atomic E-state index is 15.4. The Balaban J connectivity index is 0.704. The summed E-state index contributed by atoms with van der Waals surface area (Å²) in [5.74, 6) is -5.70. The number of unbranched alkanes of at least 4 members (excludes halogenated alkanes) is 2. The van der Waals surface area contributed by atoms with Crippen molar-refractivity contribution >= 4 is 64.2 Å². The lowest BCUT2D eigenvalue weighted by atomic mass is 9.81. The molecule has 6 heterocycles. The molecule has 1 fully saturated rings. The highest BCUT2D eigenvalue weighted by Gasteiger charge is 2.45. The van der Waals surface area contributed by atoms with Crippen LogP contribution >= 0.6 is 0 Å². The van der Waals surface area contributed by atoms with Crippen LogP contribution in [0.1, 0.15) is 84.0 Å². The summed E-state index contributed by atoms with van der Waals surface area (Å²) in [5, 5.41) is 25.0. The minimum Gasteiger partial charge on any atom is -0.458 e. The number of hydrogen-bond acceptors (Lipinski definition) is 16. The van der Waals surface area contributed by atoms with Gasteiger partial charge in [0.1, 0.15) is 37.8 Å². The summed E-state index contributed by atoms with van der Waals surface area (Å²) < 4.78 is 32.6. The molecule has 9 rings (SSSR count). The molecule has 7 amide bonds. The molecule has 23 nitrogen and oxygen atoms in total. The number of rotatable bonds is 23. The summed E-state index contributed by atoms with van der Waals surface area (Å²) in [5.41, 5.74) is 2.23. The number of cyclic esters (lactones) is 1. The van der Waals surface area contributed by atoms with Gasteiger partial charge in [0.05, 0.1) is 48.2 Å². The van der Waals surface area contributed by atoms with Crippen molar-refractivity contribution < 1.29 is 66.9 Å². The summed E-state index contributed by atoms with van der Waals surface area (Å²) in [6, 6.07) is 9.54. The lowest BCUT2D eigenvalue weighted by Crippen LogP contribution is -2.51. The quantitative estimate of drug-likeness (QED) is 0.0165. The molecule has 24 heteroatoms. The van der Waals surface area contributed by atoms with Crippen LogP contribution in [0.4, 0.5) is 4.39 Å². The average molecular weight is 1080 g/mol. The Hall–Kier alpha value is -8.22. The number of amides is 7. The number of pyridine rings is 2. The molecule has 1 unspecified atom stereocenters. The second kappa shape index (κ2) is 23.2. The first-order valence-electron chi connectivity index (χ1n) is 25.7. The van der Waals surface area contributed by atoms with Gasteiger partial charge in [0.25, 0.3) is 23.3 Å². The third kappa shape index (κ3) is 11.8. The van der Waals surface area contributed by atoms with Crippen molar-refractivity contribution in [3.63, 3.8) is 0 Å². The normalized spacial score (nSPS) is 19.8. The number of aromatic nitrogens is 2. The zero-order valence-corrected chi connectivity index (χ0v) is 42.9. The zero-order valence-electron chi connectivity index (χ0n) is 42.9. The van der Waals surface area contributed by atoms with E-state index in [0.717, 1.165) is 16.0 Å². The maximum Gasteiger partial charge on any atom is 0.342 e. The van der Waals surface area contributed by atoms with Crippen molar-refractivity contribution in [2.45, 2.75) is 95.7 Å². The molecule has 4 aliphatic heterocycles. The van der Waals surface area contributed by atoms with Gasteiger partial charge in [-0.05, 0) is 67.9 Å². The van der Waals surface area contributed by atoms with Gasteiger partial charge in [0.2, 0.25) is 23.6 Å². The van der Waals surface area contributed by atoms with Crippen LogP contribution < -0.4 is 32.1 Å². The summed E-state index contributed by atoms with van der Waals surface area (Å²) in [6.45, 7) is 2.03. The summed E-state index contributed by atoms with van der Waals surface area (Å²) in [7, 11) is 0. The van der Waals surface area contributed by atoms with Gasteiger partial charge in [-0.15, -0.1) is 0 Å². The summed E-state index contributed by atoms with van der Waals surface area (Å²) >= 11 is 0. The van der Waals surface area contributed by atoms with Crippen LogP contribution in [0.15, 0.2) is 59.4 Å². The first-order chi connectivity index (χ1) is 37.4. The molecule has 6 N–H and O–H groups in total. The van der Waals surface area contributed by atoms with Crippen LogP contribution in [0.2, 0.25) is 0 Å². The van der Waals surface area contributed by atoms with E-state index in [2.05, 4.69) is 26.6 Å². The fraction of sp³-hybridized carbons (Fsp3) is 0.426. The summed E-state index contributed by atoms with van der Waals surface area (Å²) in [4.78, 5) is 135. The molecular formula is C54H58FN9O14. The predicted molar refractivity (Wildman–Crippen MR) is 272 cm³/mol. The molecule has 1 saturated heterocycles. The van der Waals surface area contributed by atoms with Crippen LogP contribution in [0, 0.1) is 12.7 Å². The first kappa shape index (κ1) is 54.6. The number of imide groups is 1. The molecule has 2 aromatic heterocycles. The average Bonchev–Trinajstić information content (AvgIpc) is 4.18. The molecule has 78 heavy (non-hydrogen) atoms. The van der Waals surface area contributed by atoms with Crippen LogP contribution in [-0.4, -0.2) is 142 Å². The number of fused-ring (bicyclic) bond motifs is 5. The highest BCUT2D eigenvalue weighted by Crippen LogP contribution is 2.46. The Morgan fingerprint density at radius 3 is 2.45 bits per heavy atom. The Kier molecular flexibility index (Phi) is 16.2. The number of ether oxygens (including phenoxy) is 3. The minimum absolute atomic E-state index is 0.0427. The van der Waals surface area contributed by atoms with Crippen LogP contribution in [-0.2, 0) is 89.0 Å². The number of benzene rings is 2. The zero-order chi connectivity index (χ0) is 55.4. The van der Waals surface area contributed by atoms with E-state index in [1.54, 1.807) is 43.3 Å². The van der Waals surface area contributed by atoms with Gasteiger partial charge in [-0.3, -0.25) is 53.0 Å². The standard InChI is InChI=1S/C54H58FN9O14/c1-29-31-12-13-36(48-32-24-64-39(49(32)60-37(47(31)48)21-35(29)55)20-34-33(52(64)73)26-78-53(74)54(34,2)75)61-51(72)40-25-62(40)17-18-76-28-58-42(66)22-57-50(71)38(19-30-9-5-3-6-10-30)59-43(67)27-77-46(70)23-56-41(65)11-7-4-8-16-63-44(68)14-15-45(63)69/h3,5-6,9-10,14-15,20-21,36,38,40,75H,4,7-8,11-13,16-19,22-28H2,1-2H3,(H,56,65)(H,57,71)(H,58,66)(H,59,67)(H,61,72)/t36-,38-,40-,54-,62?/m0/s1. The Morgan fingerprint density at radius 2 is 1.68 bits per heavy atom. The molecule has 4 aromatic rings. The second-order valence-electron chi connectivity index (χ2n) is 19.9. The number of nitrogens with zero attached hydrogens (tertiary/aromatic N) is 4. The number of carbonyl (C=O) groups is 9. The molecule has 2 aromatic carbocycles. The lowest BCUT2D eigenvalue weighted by molar-refractivity contribution is -0.169. The largest absolute Gasteiger partial charge is 0.458 e. The van der Waals surface area contributed by atoms with Crippen LogP contribution in [0.25, 0.3) is 22.3 Å². The van der Waals surface area contributed by atoms with E-state index in [0.29, 0.717) is 84.2 Å². The van der Waals surface area contributed by atoms with Gasteiger partial charge in [0.15, 0.2) is 12.2 Å². The highest BCUT2D eigenvalue weighted by atomic mass is 19.1. The molecule has 0 spiro atoms. The van der Waals surface area contributed by atoms with Crippen molar-refractivity contribution in [2.75, 3.05) is 52.7 Å². The van der Waals surface area contributed by atoms with Crippen LogP contribution in [0.5, 0.6) is 0 Å². The first-order valence-corrected chi connectivity index (χ1v) is 25.7.